The van der Waals surface area contributed by atoms with Crippen molar-refractivity contribution in [3.8, 4) is 0 Å². The summed E-state index contributed by atoms with van der Waals surface area (Å²) in [6, 6.07) is 6.96. The molecule has 0 spiro atoms. The predicted octanol–water partition coefficient (Wildman–Crippen LogP) is 2.68. The fourth-order valence-electron chi connectivity index (χ4n) is 3.70. The van der Waals surface area contributed by atoms with Crippen LogP contribution < -0.4 is 5.32 Å². The number of nitrogens with zero attached hydrogens (tertiary/aromatic N) is 1. The lowest BCUT2D eigenvalue weighted by atomic mass is 9.74. The number of amides is 1. The van der Waals surface area contributed by atoms with Crippen molar-refractivity contribution in [2.24, 2.45) is 0 Å². The lowest BCUT2D eigenvalue weighted by molar-refractivity contribution is -0.153. The first-order valence-corrected chi connectivity index (χ1v) is 9.12. The zero-order valence-electron chi connectivity index (χ0n) is 16.0. The molecule has 5 nitrogen and oxygen atoms in total. The Labute approximate surface area is 154 Å². The average Bonchev–Trinajstić information content (AvgIpc) is 2.58. The number of likely N-dealkylation sites (N-methyl/N-ethyl adjacent to an activating group) is 1. The van der Waals surface area contributed by atoms with E-state index >= 15 is 0 Å². The molecule has 1 amide bonds. The largest absolute Gasteiger partial charge is 0.453 e. The van der Waals surface area contributed by atoms with Crippen molar-refractivity contribution in [2.45, 2.75) is 63.6 Å². The van der Waals surface area contributed by atoms with Crippen molar-refractivity contribution in [3.05, 3.63) is 35.6 Å². The van der Waals surface area contributed by atoms with Crippen LogP contribution in [0.2, 0.25) is 0 Å². The lowest BCUT2D eigenvalue weighted by Gasteiger charge is -2.45. The number of esters is 1. The van der Waals surface area contributed by atoms with Crippen LogP contribution in [0.1, 0.15) is 45.1 Å². The Morgan fingerprint density at radius 2 is 1.92 bits per heavy atom. The summed E-state index contributed by atoms with van der Waals surface area (Å²) in [4.78, 5) is 25.3. The molecular weight excluding hydrogens is 335 g/mol. The van der Waals surface area contributed by atoms with Crippen LogP contribution in [0.4, 0.5) is 4.39 Å². The third-order valence-corrected chi connectivity index (χ3v) is 5.40. The van der Waals surface area contributed by atoms with Gasteiger partial charge in [-0.15, -0.1) is 0 Å². The summed E-state index contributed by atoms with van der Waals surface area (Å²) < 4.78 is 19.0. The molecule has 1 atom stereocenters. The summed E-state index contributed by atoms with van der Waals surface area (Å²) in [5.41, 5.74) is 0.609. The molecule has 1 saturated carbocycles. The Morgan fingerprint density at radius 3 is 2.46 bits per heavy atom. The SMILES string of the molecule is CC(=O)OC(C)C(=O)NC1CCC(Cc2ccccc2F)(N(C)C)CC1. The number of hydrogen-bond donors (Lipinski definition) is 1. The highest BCUT2D eigenvalue weighted by atomic mass is 19.1. The number of hydrogen-bond acceptors (Lipinski definition) is 4. The fourth-order valence-corrected chi connectivity index (χ4v) is 3.70. The molecule has 0 bridgehead atoms. The third-order valence-electron chi connectivity index (χ3n) is 5.40. The van der Waals surface area contributed by atoms with Gasteiger partial charge in [-0.25, -0.2) is 4.39 Å². The summed E-state index contributed by atoms with van der Waals surface area (Å²) >= 11 is 0. The zero-order chi connectivity index (χ0) is 19.3. The van der Waals surface area contributed by atoms with Gasteiger partial charge in [0, 0.05) is 18.5 Å². The minimum Gasteiger partial charge on any atom is -0.453 e. The molecule has 0 aromatic heterocycles. The second kappa shape index (κ2) is 8.62. The zero-order valence-corrected chi connectivity index (χ0v) is 16.0. The molecule has 1 fully saturated rings. The topological polar surface area (TPSA) is 58.6 Å². The first-order chi connectivity index (χ1) is 12.2. The van der Waals surface area contributed by atoms with Crippen molar-refractivity contribution in [1.29, 1.82) is 0 Å². The van der Waals surface area contributed by atoms with Crippen molar-refractivity contribution in [2.75, 3.05) is 14.1 Å². The number of nitrogens with one attached hydrogen (secondary N) is 1. The predicted molar refractivity (Wildman–Crippen MR) is 98.1 cm³/mol. The average molecular weight is 364 g/mol. The molecule has 0 radical (unpaired) electrons. The standard InChI is InChI=1S/C20H29FN2O3/c1-14(26-15(2)24)19(25)22-17-9-11-20(12-10-17,23(3)4)13-16-7-5-6-8-18(16)21/h5-8,14,17H,9-13H2,1-4H3,(H,22,25). The molecule has 1 unspecified atom stereocenters. The van der Waals surface area contributed by atoms with Gasteiger partial charge in [0.25, 0.3) is 5.91 Å². The van der Waals surface area contributed by atoms with Crippen molar-refractivity contribution in [1.82, 2.24) is 10.2 Å². The van der Waals surface area contributed by atoms with E-state index < -0.39 is 12.1 Å². The van der Waals surface area contributed by atoms with Crippen molar-refractivity contribution in [3.63, 3.8) is 0 Å². The normalized spacial score (nSPS) is 24.2. The maximum Gasteiger partial charge on any atom is 0.303 e. The van der Waals surface area contributed by atoms with E-state index in [1.54, 1.807) is 13.0 Å². The van der Waals surface area contributed by atoms with E-state index in [2.05, 4.69) is 10.2 Å². The van der Waals surface area contributed by atoms with Crippen LogP contribution in [0.5, 0.6) is 0 Å². The van der Waals surface area contributed by atoms with Crippen molar-refractivity contribution >= 4 is 11.9 Å². The lowest BCUT2D eigenvalue weighted by Crippen LogP contribution is -2.53. The second-order valence-corrected chi connectivity index (χ2v) is 7.42. The van der Waals surface area contributed by atoms with Crippen LogP contribution in [0, 0.1) is 5.82 Å². The second-order valence-electron chi connectivity index (χ2n) is 7.42. The molecule has 1 aliphatic rings. The first kappa shape index (κ1) is 20.4. The quantitative estimate of drug-likeness (QED) is 0.789. The number of carbonyl (C=O) groups is 2. The fraction of sp³-hybridized carbons (Fsp3) is 0.600. The van der Waals surface area contributed by atoms with E-state index in [-0.39, 0.29) is 23.3 Å². The van der Waals surface area contributed by atoms with Crippen LogP contribution >= 0.6 is 0 Å². The Bertz CT molecular complexity index is 640. The number of rotatable bonds is 6. The summed E-state index contributed by atoms with van der Waals surface area (Å²) in [6.07, 6.45) is 3.21. The molecule has 1 N–H and O–H groups in total. The van der Waals surface area contributed by atoms with Gasteiger partial charge >= 0.3 is 5.97 Å². The van der Waals surface area contributed by atoms with Gasteiger partial charge in [0.15, 0.2) is 6.10 Å². The van der Waals surface area contributed by atoms with E-state index in [9.17, 15) is 14.0 Å². The van der Waals surface area contributed by atoms with Crippen molar-refractivity contribution < 1.29 is 18.7 Å². The van der Waals surface area contributed by atoms with Gasteiger partial charge in [-0.05, 0) is 64.8 Å². The summed E-state index contributed by atoms with van der Waals surface area (Å²) in [7, 11) is 4.06. The van der Waals surface area contributed by atoms with Crippen LogP contribution in [0.15, 0.2) is 24.3 Å². The molecule has 6 heteroatoms. The van der Waals surface area contributed by atoms with Gasteiger partial charge in [-0.3, -0.25) is 9.59 Å². The van der Waals surface area contributed by atoms with E-state index in [1.807, 2.05) is 26.2 Å². The molecule has 26 heavy (non-hydrogen) atoms. The van der Waals surface area contributed by atoms with E-state index in [0.717, 1.165) is 31.2 Å². The monoisotopic (exact) mass is 364 g/mol. The molecule has 1 aliphatic carbocycles. The highest BCUT2D eigenvalue weighted by molar-refractivity contribution is 5.83. The minimum absolute atomic E-state index is 0.0502. The number of benzene rings is 1. The third kappa shape index (κ3) is 5.04. The van der Waals surface area contributed by atoms with Crippen LogP contribution in [0.25, 0.3) is 0 Å². The summed E-state index contributed by atoms with van der Waals surface area (Å²) in [6.45, 7) is 2.86. The maximum absolute atomic E-state index is 14.1. The van der Waals surface area contributed by atoms with Gasteiger partial charge < -0.3 is 15.0 Å². The van der Waals surface area contributed by atoms with Gasteiger partial charge in [0.2, 0.25) is 0 Å². The Morgan fingerprint density at radius 1 is 1.31 bits per heavy atom. The van der Waals surface area contributed by atoms with Gasteiger partial charge in [0.05, 0.1) is 0 Å². The highest BCUT2D eigenvalue weighted by Crippen LogP contribution is 2.36. The van der Waals surface area contributed by atoms with Crippen LogP contribution in [-0.2, 0) is 20.7 Å². The smallest absolute Gasteiger partial charge is 0.303 e. The molecule has 2 rings (SSSR count). The van der Waals surface area contributed by atoms with E-state index in [1.165, 1.54) is 13.0 Å². The molecule has 144 valence electrons. The summed E-state index contributed by atoms with van der Waals surface area (Å²) in [5, 5.41) is 2.97. The maximum atomic E-state index is 14.1. The van der Waals surface area contributed by atoms with Crippen LogP contribution in [-0.4, -0.2) is 48.6 Å². The number of ether oxygens (including phenoxy) is 1. The Kier molecular flexibility index (Phi) is 6.75. The highest BCUT2D eigenvalue weighted by Gasteiger charge is 2.38. The molecule has 0 saturated heterocycles. The number of halogens is 1. The Hall–Kier alpha value is -1.95. The van der Waals surface area contributed by atoms with E-state index in [0.29, 0.717) is 6.42 Å². The van der Waals surface area contributed by atoms with Gasteiger partial charge in [-0.1, -0.05) is 18.2 Å². The molecule has 0 heterocycles. The van der Waals surface area contributed by atoms with E-state index in [4.69, 9.17) is 4.74 Å². The van der Waals surface area contributed by atoms with Gasteiger partial charge in [-0.2, -0.15) is 0 Å². The van der Waals surface area contributed by atoms with Gasteiger partial charge in [0.1, 0.15) is 5.82 Å². The Balaban J connectivity index is 1.98. The summed E-state index contributed by atoms with van der Waals surface area (Å²) in [5.74, 6) is -0.899. The molecule has 1 aromatic rings. The molecule has 1 aromatic carbocycles. The molecular formula is C20H29FN2O3. The van der Waals surface area contributed by atoms with Crippen LogP contribution in [0.3, 0.4) is 0 Å². The minimum atomic E-state index is -0.786. The number of carbonyl (C=O) groups excluding carboxylic acids is 2. The first-order valence-electron chi connectivity index (χ1n) is 9.12. The molecule has 0 aliphatic heterocycles.